The number of amides is 2. The van der Waals surface area contributed by atoms with Crippen LogP contribution in [-0.4, -0.2) is 49.8 Å². The van der Waals surface area contributed by atoms with Gasteiger partial charge in [-0.05, 0) is 19.1 Å². The summed E-state index contributed by atoms with van der Waals surface area (Å²) in [7, 11) is 1.55. The van der Waals surface area contributed by atoms with Crippen LogP contribution in [0, 0.1) is 11.8 Å². The van der Waals surface area contributed by atoms with Crippen LogP contribution < -0.4 is 10.6 Å². The van der Waals surface area contributed by atoms with Crippen molar-refractivity contribution in [3.63, 3.8) is 0 Å². The molecule has 0 saturated heterocycles. The van der Waals surface area contributed by atoms with E-state index in [0.717, 1.165) is 0 Å². The largest absolute Gasteiger partial charge is 0.384 e. The van der Waals surface area contributed by atoms with Crippen LogP contribution in [0.25, 0.3) is 0 Å². The minimum Gasteiger partial charge on any atom is -0.384 e. The number of ether oxygens (including phenoxy) is 1. The Kier molecular flexibility index (Phi) is 7.46. The zero-order valence-electron chi connectivity index (χ0n) is 11.9. The molecule has 1 unspecified atom stereocenters. The topological polar surface area (TPSA) is 87.7 Å². The molecule has 1 aromatic heterocycles. The van der Waals surface area contributed by atoms with E-state index >= 15 is 0 Å². The lowest BCUT2D eigenvalue weighted by Gasteiger charge is -2.13. The van der Waals surface area contributed by atoms with Crippen molar-refractivity contribution in [1.82, 2.24) is 10.6 Å². The number of thiophene rings is 1. The molecular weight excluding hydrogens is 292 g/mol. The Morgan fingerprint density at radius 1 is 1.48 bits per heavy atom. The van der Waals surface area contributed by atoms with Crippen molar-refractivity contribution in [1.29, 1.82) is 0 Å². The van der Waals surface area contributed by atoms with Gasteiger partial charge in [0.25, 0.3) is 5.91 Å². The van der Waals surface area contributed by atoms with Crippen LogP contribution in [0.2, 0.25) is 0 Å². The predicted octanol–water partition coefficient (Wildman–Crippen LogP) is -0.0272. The van der Waals surface area contributed by atoms with Crippen molar-refractivity contribution in [2.24, 2.45) is 0 Å². The van der Waals surface area contributed by atoms with E-state index in [4.69, 9.17) is 9.84 Å². The van der Waals surface area contributed by atoms with Gasteiger partial charge >= 0.3 is 0 Å². The maximum atomic E-state index is 12.0. The number of hydrogen-bond acceptors (Lipinski definition) is 5. The average molecular weight is 310 g/mol. The third-order valence-corrected chi connectivity index (χ3v) is 3.47. The van der Waals surface area contributed by atoms with E-state index in [2.05, 4.69) is 22.5 Å². The summed E-state index contributed by atoms with van der Waals surface area (Å²) in [6.07, 6.45) is 0. The van der Waals surface area contributed by atoms with Crippen LogP contribution in [0.15, 0.2) is 12.1 Å². The summed E-state index contributed by atoms with van der Waals surface area (Å²) in [5, 5.41) is 13.9. The highest BCUT2D eigenvalue weighted by Gasteiger charge is 2.17. The van der Waals surface area contributed by atoms with Gasteiger partial charge in [-0.15, -0.1) is 11.3 Å². The van der Waals surface area contributed by atoms with Crippen molar-refractivity contribution in [2.75, 3.05) is 26.9 Å². The second-order valence-corrected chi connectivity index (χ2v) is 5.19. The summed E-state index contributed by atoms with van der Waals surface area (Å²) >= 11 is 1.21. The lowest BCUT2D eigenvalue weighted by atomic mass is 10.3. The molecule has 1 rings (SSSR count). The maximum Gasteiger partial charge on any atom is 0.262 e. The molecule has 2 amide bonds. The van der Waals surface area contributed by atoms with Gasteiger partial charge in [-0.2, -0.15) is 0 Å². The number of carbonyl (C=O) groups excluding carboxylic acids is 2. The van der Waals surface area contributed by atoms with Crippen LogP contribution in [-0.2, 0) is 9.53 Å². The first-order valence-corrected chi connectivity index (χ1v) is 7.17. The molecule has 0 bridgehead atoms. The Balaban J connectivity index is 2.52. The fraction of sp³-hybridized carbons (Fsp3) is 0.429. The van der Waals surface area contributed by atoms with Gasteiger partial charge in [-0.3, -0.25) is 9.59 Å². The number of methoxy groups -OCH3 is 1. The van der Waals surface area contributed by atoms with Crippen LogP contribution in [0.5, 0.6) is 0 Å². The van der Waals surface area contributed by atoms with E-state index in [1.807, 2.05) is 0 Å². The fourth-order valence-electron chi connectivity index (χ4n) is 1.42. The number of aliphatic hydroxyl groups is 1. The van der Waals surface area contributed by atoms with Gasteiger partial charge in [-0.1, -0.05) is 11.8 Å². The summed E-state index contributed by atoms with van der Waals surface area (Å²) in [5.74, 6) is 4.64. The van der Waals surface area contributed by atoms with Crippen LogP contribution >= 0.6 is 11.3 Å². The molecule has 3 N–H and O–H groups in total. The predicted molar refractivity (Wildman–Crippen MR) is 80.1 cm³/mol. The molecule has 0 saturated carbocycles. The lowest BCUT2D eigenvalue weighted by molar-refractivity contribution is -0.122. The van der Waals surface area contributed by atoms with Crippen molar-refractivity contribution in [3.8, 4) is 11.8 Å². The Morgan fingerprint density at radius 3 is 2.90 bits per heavy atom. The van der Waals surface area contributed by atoms with Gasteiger partial charge in [0.15, 0.2) is 0 Å². The first kappa shape index (κ1) is 17.2. The van der Waals surface area contributed by atoms with Gasteiger partial charge in [-0.25, -0.2) is 0 Å². The SMILES string of the molecule is COCCNC(=O)C(C)NC(=O)c1ccc(C#CCO)s1. The molecule has 21 heavy (non-hydrogen) atoms. The molecule has 1 aromatic rings. The zero-order valence-corrected chi connectivity index (χ0v) is 12.8. The van der Waals surface area contributed by atoms with Gasteiger partial charge in [0, 0.05) is 13.7 Å². The van der Waals surface area contributed by atoms with Gasteiger partial charge in [0.1, 0.15) is 12.6 Å². The summed E-state index contributed by atoms with van der Waals surface area (Å²) in [6, 6.07) is 2.70. The first-order chi connectivity index (χ1) is 10.1. The molecular formula is C14H18N2O4S. The third kappa shape index (κ3) is 5.95. The summed E-state index contributed by atoms with van der Waals surface area (Å²) in [6.45, 7) is 2.21. The average Bonchev–Trinajstić information content (AvgIpc) is 2.94. The second kappa shape index (κ2) is 9.13. The Bertz CT molecular complexity index is 545. The van der Waals surface area contributed by atoms with Gasteiger partial charge in [0.2, 0.25) is 5.91 Å². The maximum absolute atomic E-state index is 12.0. The Labute approximate surface area is 127 Å². The number of rotatable bonds is 6. The number of nitrogens with one attached hydrogen (secondary N) is 2. The molecule has 6 nitrogen and oxygen atoms in total. The van der Waals surface area contributed by atoms with E-state index < -0.39 is 6.04 Å². The molecule has 114 valence electrons. The van der Waals surface area contributed by atoms with Crippen LogP contribution in [0.3, 0.4) is 0 Å². The Hall–Kier alpha value is -1.88. The molecule has 0 aliphatic carbocycles. The quantitative estimate of drug-likeness (QED) is 0.509. The van der Waals surface area contributed by atoms with Gasteiger partial charge < -0.3 is 20.5 Å². The fourth-order valence-corrected chi connectivity index (χ4v) is 2.20. The molecule has 0 aromatic carbocycles. The Morgan fingerprint density at radius 2 is 2.24 bits per heavy atom. The highest BCUT2D eigenvalue weighted by Crippen LogP contribution is 2.15. The van der Waals surface area contributed by atoms with Crippen molar-refractivity contribution >= 4 is 23.2 Å². The number of aliphatic hydroxyl groups excluding tert-OH is 1. The van der Waals surface area contributed by atoms with Crippen LogP contribution in [0.4, 0.5) is 0 Å². The lowest BCUT2D eigenvalue weighted by Crippen LogP contribution is -2.45. The zero-order chi connectivity index (χ0) is 15.7. The van der Waals surface area contributed by atoms with Crippen molar-refractivity contribution < 1.29 is 19.4 Å². The molecule has 0 aliphatic rings. The smallest absolute Gasteiger partial charge is 0.262 e. The third-order valence-electron chi connectivity index (χ3n) is 2.47. The molecule has 1 atom stereocenters. The molecule has 7 heteroatoms. The second-order valence-electron chi connectivity index (χ2n) is 4.10. The first-order valence-electron chi connectivity index (χ1n) is 6.35. The van der Waals surface area contributed by atoms with E-state index in [0.29, 0.717) is 22.9 Å². The minimum absolute atomic E-state index is 0.224. The van der Waals surface area contributed by atoms with Crippen molar-refractivity contribution in [2.45, 2.75) is 13.0 Å². The molecule has 0 aliphatic heterocycles. The minimum atomic E-state index is -0.636. The van der Waals surface area contributed by atoms with Crippen molar-refractivity contribution in [3.05, 3.63) is 21.9 Å². The van der Waals surface area contributed by atoms with E-state index in [1.54, 1.807) is 26.2 Å². The molecule has 0 radical (unpaired) electrons. The summed E-state index contributed by atoms with van der Waals surface area (Å²) < 4.78 is 4.83. The van der Waals surface area contributed by atoms with E-state index in [1.165, 1.54) is 11.3 Å². The van der Waals surface area contributed by atoms with Gasteiger partial charge in [0.05, 0.1) is 16.4 Å². The monoisotopic (exact) mass is 310 g/mol. The molecule has 0 fully saturated rings. The number of hydrogen-bond donors (Lipinski definition) is 3. The van der Waals surface area contributed by atoms with Crippen LogP contribution in [0.1, 0.15) is 21.5 Å². The molecule has 0 spiro atoms. The standard InChI is InChI=1S/C14H18N2O4S/c1-10(13(18)15-7-9-20-2)16-14(19)12-6-5-11(21-12)4-3-8-17/h5-6,10,17H,7-9H2,1-2H3,(H,15,18)(H,16,19). The highest BCUT2D eigenvalue weighted by molar-refractivity contribution is 7.14. The summed E-state index contributed by atoms with van der Waals surface area (Å²) in [5.41, 5.74) is 0. The van der Waals surface area contributed by atoms with E-state index in [-0.39, 0.29) is 18.4 Å². The number of carbonyl (C=O) groups is 2. The highest BCUT2D eigenvalue weighted by atomic mass is 32.1. The normalized spacial score (nSPS) is 11.2. The van der Waals surface area contributed by atoms with E-state index in [9.17, 15) is 9.59 Å². The molecule has 1 heterocycles. The summed E-state index contributed by atoms with van der Waals surface area (Å²) in [4.78, 5) is 24.8.